The van der Waals surface area contributed by atoms with E-state index >= 15 is 0 Å². The van der Waals surface area contributed by atoms with Crippen molar-refractivity contribution in [2.24, 2.45) is 7.05 Å². The fourth-order valence-electron chi connectivity index (χ4n) is 2.26. The molecule has 1 aromatic carbocycles. The molecular formula is C15H18N4O4S. The van der Waals surface area contributed by atoms with Crippen LogP contribution in [0.25, 0.3) is 0 Å². The van der Waals surface area contributed by atoms with Crippen molar-refractivity contribution < 1.29 is 14.3 Å². The van der Waals surface area contributed by atoms with Crippen LogP contribution in [0.15, 0.2) is 34.2 Å². The number of likely N-dealkylation sites (N-methyl/N-ethyl adjacent to an activating group) is 1. The number of nitrogens with one attached hydrogen (secondary N) is 1. The molecule has 0 saturated carbocycles. The summed E-state index contributed by atoms with van der Waals surface area (Å²) in [5.74, 6) is 1.53. The van der Waals surface area contributed by atoms with Crippen molar-refractivity contribution in [1.82, 2.24) is 19.7 Å². The van der Waals surface area contributed by atoms with E-state index in [1.165, 1.54) is 16.3 Å². The largest absolute Gasteiger partial charge is 0.486 e. The average molecular weight is 350 g/mol. The van der Waals surface area contributed by atoms with Crippen LogP contribution in [-0.4, -0.2) is 57.6 Å². The van der Waals surface area contributed by atoms with E-state index in [4.69, 9.17) is 9.47 Å². The molecule has 1 atom stereocenters. The minimum atomic E-state index is -0.301. The van der Waals surface area contributed by atoms with E-state index in [-0.39, 0.29) is 23.5 Å². The molecule has 0 spiro atoms. The number of hydrogen-bond acceptors (Lipinski definition) is 6. The van der Waals surface area contributed by atoms with Gasteiger partial charge in [-0.2, -0.15) is 0 Å². The van der Waals surface area contributed by atoms with Gasteiger partial charge in [0.25, 0.3) is 0 Å². The number of aromatic amines is 1. The monoisotopic (exact) mass is 350 g/mol. The molecule has 0 unspecified atom stereocenters. The van der Waals surface area contributed by atoms with Crippen LogP contribution in [0, 0.1) is 0 Å². The van der Waals surface area contributed by atoms with E-state index in [2.05, 4.69) is 10.2 Å². The van der Waals surface area contributed by atoms with Gasteiger partial charge in [-0.05, 0) is 12.1 Å². The summed E-state index contributed by atoms with van der Waals surface area (Å²) in [5, 5.41) is 6.68. The maximum absolute atomic E-state index is 12.2. The summed E-state index contributed by atoms with van der Waals surface area (Å²) in [6.45, 7) is 0.822. The molecule has 1 aromatic heterocycles. The number of ether oxygens (including phenoxy) is 2. The summed E-state index contributed by atoms with van der Waals surface area (Å²) < 4.78 is 12.9. The van der Waals surface area contributed by atoms with Gasteiger partial charge in [-0.25, -0.2) is 9.89 Å². The Kier molecular flexibility index (Phi) is 4.79. The van der Waals surface area contributed by atoms with E-state index in [0.717, 1.165) is 5.75 Å². The quantitative estimate of drug-likeness (QED) is 0.790. The van der Waals surface area contributed by atoms with E-state index in [0.29, 0.717) is 24.1 Å². The third-order valence-electron chi connectivity index (χ3n) is 3.63. The number of H-pyrrole nitrogens is 1. The van der Waals surface area contributed by atoms with Gasteiger partial charge in [0.15, 0.2) is 22.8 Å². The third-order valence-corrected chi connectivity index (χ3v) is 4.65. The summed E-state index contributed by atoms with van der Waals surface area (Å²) >= 11 is 1.21. The molecule has 8 nitrogen and oxygen atoms in total. The van der Waals surface area contributed by atoms with Crippen molar-refractivity contribution in [3.63, 3.8) is 0 Å². The van der Waals surface area contributed by atoms with Crippen LogP contribution in [0.4, 0.5) is 0 Å². The van der Waals surface area contributed by atoms with E-state index in [1.54, 1.807) is 19.0 Å². The number of para-hydroxylation sites is 2. The number of carbonyl (C=O) groups is 1. The van der Waals surface area contributed by atoms with Gasteiger partial charge in [0.1, 0.15) is 6.61 Å². The van der Waals surface area contributed by atoms with E-state index in [1.807, 2.05) is 24.3 Å². The molecule has 1 N–H and O–H groups in total. The second kappa shape index (κ2) is 7.00. The number of nitrogens with zero attached hydrogens (tertiary/aromatic N) is 3. The first-order valence-electron chi connectivity index (χ1n) is 7.41. The molecule has 1 aliphatic rings. The van der Waals surface area contributed by atoms with Crippen LogP contribution in [-0.2, 0) is 11.8 Å². The molecule has 1 amide bonds. The molecule has 0 radical (unpaired) electrons. The van der Waals surface area contributed by atoms with Crippen LogP contribution in [0.1, 0.15) is 0 Å². The lowest BCUT2D eigenvalue weighted by molar-refractivity contribution is -0.128. The Hall–Kier alpha value is -2.42. The number of benzene rings is 1. The van der Waals surface area contributed by atoms with Gasteiger partial charge in [0.2, 0.25) is 5.91 Å². The Morgan fingerprint density at radius 3 is 2.92 bits per heavy atom. The van der Waals surface area contributed by atoms with Crippen molar-refractivity contribution in [3.05, 3.63) is 34.7 Å². The summed E-state index contributed by atoms with van der Waals surface area (Å²) in [5.41, 5.74) is -0.301. The summed E-state index contributed by atoms with van der Waals surface area (Å²) in [6.07, 6.45) is -0.214. The predicted molar refractivity (Wildman–Crippen MR) is 88.5 cm³/mol. The van der Waals surface area contributed by atoms with E-state index in [9.17, 15) is 9.59 Å². The zero-order chi connectivity index (χ0) is 17.1. The Labute approximate surface area is 142 Å². The molecular weight excluding hydrogens is 332 g/mol. The number of carbonyl (C=O) groups excluding carboxylic acids is 1. The summed E-state index contributed by atoms with van der Waals surface area (Å²) in [4.78, 5) is 25.1. The molecule has 0 saturated heterocycles. The summed E-state index contributed by atoms with van der Waals surface area (Å²) in [7, 11) is 3.32. The lowest BCUT2D eigenvalue weighted by Crippen LogP contribution is -2.42. The Morgan fingerprint density at radius 1 is 1.46 bits per heavy atom. The molecule has 9 heteroatoms. The molecule has 2 heterocycles. The first-order valence-corrected chi connectivity index (χ1v) is 8.40. The highest BCUT2D eigenvalue weighted by molar-refractivity contribution is 7.99. The minimum absolute atomic E-state index is 0.0714. The van der Waals surface area contributed by atoms with Crippen molar-refractivity contribution >= 4 is 17.7 Å². The van der Waals surface area contributed by atoms with Gasteiger partial charge in [-0.1, -0.05) is 23.9 Å². The number of aromatic nitrogens is 3. The second-order valence-corrected chi connectivity index (χ2v) is 6.37. The molecule has 0 fully saturated rings. The SMILES string of the molecule is CN(C[C@@H]1COc2ccccc2O1)C(=O)CSc1n[nH]c(=O)n1C. The van der Waals surface area contributed by atoms with Gasteiger partial charge in [-0.3, -0.25) is 9.36 Å². The number of amides is 1. The van der Waals surface area contributed by atoms with Gasteiger partial charge < -0.3 is 14.4 Å². The molecule has 0 aliphatic carbocycles. The fourth-order valence-corrected chi connectivity index (χ4v) is 3.12. The van der Waals surface area contributed by atoms with Crippen LogP contribution >= 0.6 is 11.8 Å². The van der Waals surface area contributed by atoms with Crippen LogP contribution in [0.2, 0.25) is 0 Å². The van der Waals surface area contributed by atoms with Gasteiger partial charge in [-0.15, -0.1) is 5.10 Å². The van der Waals surface area contributed by atoms with Gasteiger partial charge in [0, 0.05) is 14.1 Å². The topological polar surface area (TPSA) is 89.5 Å². The van der Waals surface area contributed by atoms with E-state index < -0.39 is 0 Å². The lowest BCUT2D eigenvalue weighted by atomic mass is 10.2. The highest BCUT2D eigenvalue weighted by Gasteiger charge is 2.23. The maximum Gasteiger partial charge on any atom is 0.343 e. The maximum atomic E-state index is 12.2. The number of fused-ring (bicyclic) bond motifs is 1. The van der Waals surface area contributed by atoms with Crippen molar-refractivity contribution in [2.75, 3.05) is 26.0 Å². The van der Waals surface area contributed by atoms with Crippen molar-refractivity contribution in [1.29, 1.82) is 0 Å². The Balaban J connectivity index is 1.51. The van der Waals surface area contributed by atoms with Crippen LogP contribution in [0.5, 0.6) is 11.5 Å². The van der Waals surface area contributed by atoms with Crippen LogP contribution < -0.4 is 15.2 Å². The van der Waals surface area contributed by atoms with Gasteiger partial charge in [0.05, 0.1) is 12.3 Å². The fraction of sp³-hybridized carbons (Fsp3) is 0.400. The normalized spacial score (nSPS) is 16.0. The van der Waals surface area contributed by atoms with Crippen molar-refractivity contribution in [3.8, 4) is 11.5 Å². The highest BCUT2D eigenvalue weighted by atomic mass is 32.2. The Bertz CT molecular complexity index is 788. The molecule has 0 bridgehead atoms. The van der Waals surface area contributed by atoms with Gasteiger partial charge >= 0.3 is 5.69 Å². The smallest absolute Gasteiger partial charge is 0.343 e. The lowest BCUT2D eigenvalue weighted by Gasteiger charge is -2.29. The standard InChI is InChI=1S/C15H18N4O4S/c1-18(13(20)9-24-15-17-16-14(21)19(15)2)7-10-8-22-11-5-3-4-6-12(11)23-10/h3-6,10H,7-9H2,1-2H3,(H,16,21)/t10-/m1/s1. The molecule has 2 aromatic rings. The predicted octanol–water partition coefficient (Wildman–Crippen LogP) is 0.499. The number of rotatable bonds is 5. The first kappa shape index (κ1) is 16.4. The first-order chi connectivity index (χ1) is 11.5. The Morgan fingerprint density at radius 2 is 2.21 bits per heavy atom. The highest BCUT2D eigenvalue weighted by Crippen LogP contribution is 2.30. The number of thioether (sulfide) groups is 1. The van der Waals surface area contributed by atoms with Crippen molar-refractivity contribution in [2.45, 2.75) is 11.3 Å². The minimum Gasteiger partial charge on any atom is -0.486 e. The average Bonchev–Trinajstić information content (AvgIpc) is 2.91. The number of hydrogen-bond donors (Lipinski definition) is 1. The summed E-state index contributed by atoms with van der Waals surface area (Å²) in [6, 6.07) is 7.46. The second-order valence-electron chi connectivity index (χ2n) is 5.43. The zero-order valence-corrected chi connectivity index (χ0v) is 14.2. The molecule has 128 valence electrons. The zero-order valence-electron chi connectivity index (χ0n) is 13.4. The molecule has 24 heavy (non-hydrogen) atoms. The van der Waals surface area contributed by atoms with Crippen LogP contribution in [0.3, 0.4) is 0 Å². The molecule has 3 rings (SSSR count). The molecule has 1 aliphatic heterocycles. The third kappa shape index (κ3) is 3.56.